The molecule has 0 radical (unpaired) electrons. The van der Waals surface area contributed by atoms with E-state index in [1.165, 1.54) is 0 Å². The minimum Gasteiger partial charge on any atom is -0.396 e. The number of hydrogen-bond acceptors (Lipinski definition) is 3. The third-order valence-corrected chi connectivity index (χ3v) is 2.37. The fourth-order valence-corrected chi connectivity index (χ4v) is 1.54. The number of rotatable bonds is 1. The highest BCUT2D eigenvalue weighted by Gasteiger charge is 2.04. The van der Waals surface area contributed by atoms with Crippen molar-refractivity contribution in [1.29, 1.82) is 0 Å². The largest absolute Gasteiger partial charge is 0.396 e. The van der Waals surface area contributed by atoms with Gasteiger partial charge in [0.1, 0.15) is 0 Å². The number of anilines is 1. The molecule has 0 aliphatic heterocycles. The zero-order valence-corrected chi connectivity index (χ0v) is 9.76. The van der Waals surface area contributed by atoms with Gasteiger partial charge < -0.3 is 5.73 Å². The van der Waals surface area contributed by atoms with Crippen molar-refractivity contribution in [2.45, 2.75) is 6.92 Å². The molecule has 0 aromatic carbocycles. The second-order valence-electron chi connectivity index (χ2n) is 2.97. The van der Waals surface area contributed by atoms with Crippen LogP contribution < -0.4 is 5.73 Å². The normalized spacial score (nSPS) is 10.4. The van der Waals surface area contributed by atoms with E-state index in [0.717, 1.165) is 9.26 Å². The SMILES string of the molecule is Cc1ccc(N)c(-n2cc(I)cn2)n1. The molecule has 5 heteroatoms. The molecule has 2 aromatic heterocycles. The molecule has 0 aliphatic rings. The van der Waals surface area contributed by atoms with Crippen molar-refractivity contribution >= 4 is 28.3 Å². The van der Waals surface area contributed by atoms with Gasteiger partial charge in [-0.1, -0.05) is 0 Å². The third-order valence-electron chi connectivity index (χ3n) is 1.81. The van der Waals surface area contributed by atoms with Crippen molar-refractivity contribution in [3.05, 3.63) is 33.8 Å². The summed E-state index contributed by atoms with van der Waals surface area (Å²) in [4.78, 5) is 4.33. The van der Waals surface area contributed by atoms with Crippen LogP contribution in [0.1, 0.15) is 5.69 Å². The van der Waals surface area contributed by atoms with Crippen molar-refractivity contribution in [1.82, 2.24) is 14.8 Å². The number of pyridine rings is 1. The third kappa shape index (κ3) is 1.72. The summed E-state index contributed by atoms with van der Waals surface area (Å²) in [6.07, 6.45) is 3.66. The van der Waals surface area contributed by atoms with Crippen molar-refractivity contribution in [2.24, 2.45) is 0 Å². The van der Waals surface area contributed by atoms with Crippen molar-refractivity contribution in [2.75, 3.05) is 5.73 Å². The molecule has 2 N–H and O–H groups in total. The summed E-state index contributed by atoms with van der Waals surface area (Å²) in [5.74, 6) is 0.688. The molecule has 0 bridgehead atoms. The van der Waals surface area contributed by atoms with Crippen LogP contribution in [0.2, 0.25) is 0 Å². The van der Waals surface area contributed by atoms with Gasteiger partial charge in [-0.05, 0) is 41.6 Å². The first-order chi connectivity index (χ1) is 6.66. The Bertz CT molecular complexity index is 464. The van der Waals surface area contributed by atoms with Crippen molar-refractivity contribution in [3.8, 4) is 5.82 Å². The fraction of sp³-hybridized carbons (Fsp3) is 0.111. The first-order valence-corrected chi connectivity index (χ1v) is 5.18. The van der Waals surface area contributed by atoms with Gasteiger partial charge in [0.15, 0.2) is 5.82 Å². The van der Waals surface area contributed by atoms with E-state index in [9.17, 15) is 0 Å². The number of nitrogens with two attached hydrogens (primary N) is 1. The highest BCUT2D eigenvalue weighted by molar-refractivity contribution is 14.1. The minimum absolute atomic E-state index is 0.634. The van der Waals surface area contributed by atoms with Gasteiger partial charge in [0.25, 0.3) is 0 Å². The van der Waals surface area contributed by atoms with Gasteiger partial charge in [0.05, 0.1) is 15.5 Å². The Balaban J connectivity index is 2.55. The van der Waals surface area contributed by atoms with Gasteiger partial charge in [-0.25, -0.2) is 9.67 Å². The Morgan fingerprint density at radius 1 is 1.43 bits per heavy atom. The number of aryl methyl sites for hydroxylation is 1. The van der Waals surface area contributed by atoms with E-state index < -0.39 is 0 Å². The quantitative estimate of drug-likeness (QED) is 0.817. The van der Waals surface area contributed by atoms with E-state index in [0.29, 0.717) is 11.5 Å². The molecule has 0 saturated heterocycles. The topological polar surface area (TPSA) is 56.7 Å². The number of nitrogen functional groups attached to an aromatic ring is 1. The summed E-state index contributed by atoms with van der Waals surface area (Å²) in [7, 11) is 0. The first-order valence-electron chi connectivity index (χ1n) is 4.10. The molecule has 72 valence electrons. The van der Waals surface area contributed by atoms with Crippen LogP contribution >= 0.6 is 22.6 Å². The van der Waals surface area contributed by atoms with Gasteiger partial charge in [0, 0.05) is 11.9 Å². The van der Waals surface area contributed by atoms with Crippen LogP contribution in [0.4, 0.5) is 5.69 Å². The molecule has 2 rings (SSSR count). The van der Waals surface area contributed by atoms with Gasteiger partial charge in [-0.2, -0.15) is 5.10 Å². The summed E-state index contributed by atoms with van der Waals surface area (Å²) in [6.45, 7) is 1.93. The summed E-state index contributed by atoms with van der Waals surface area (Å²) < 4.78 is 2.75. The predicted molar refractivity (Wildman–Crippen MR) is 63.2 cm³/mol. The van der Waals surface area contributed by atoms with E-state index in [1.807, 2.05) is 25.3 Å². The molecule has 0 spiro atoms. The molecule has 2 heterocycles. The molecule has 0 amide bonds. The highest BCUT2D eigenvalue weighted by Crippen LogP contribution is 2.15. The van der Waals surface area contributed by atoms with Crippen LogP contribution in [0.5, 0.6) is 0 Å². The van der Waals surface area contributed by atoms with Crippen LogP contribution in [0.25, 0.3) is 5.82 Å². The van der Waals surface area contributed by atoms with E-state index in [1.54, 1.807) is 10.9 Å². The number of hydrogen-bond donors (Lipinski definition) is 1. The van der Waals surface area contributed by atoms with Gasteiger partial charge in [-0.3, -0.25) is 0 Å². The van der Waals surface area contributed by atoms with Crippen LogP contribution in [0, 0.1) is 10.5 Å². The molecule has 0 saturated carbocycles. The number of nitrogens with zero attached hydrogens (tertiary/aromatic N) is 3. The van der Waals surface area contributed by atoms with Crippen LogP contribution in [-0.2, 0) is 0 Å². The molecular weight excluding hydrogens is 291 g/mol. The zero-order valence-electron chi connectivity index (χ0n) is 7.61. The Morgan fingerprint density at radius 2 is 2.21 bits per heavy atom. The summed E-state index contributed by atoms with van der Waals surface area (Å²) in [5.41, 5.74) is 7.37. The van der Waals surface area contributed by atoms with Gasteiger partial charge >= 0.3 is 0 Å². The monoisotopic (exact) mass is 300 g/mol. The number of halogens is 1. The molecule has 2 aromatic rings. The smallest absolute Gasteiger partial charge is 0.176 e. The lowest BCUT2D eigenvalue weighted by Gasteiger charge is -2.04. The number of aromatic nitrogens is 3. The molecular formula is C9H9IN4. The van der Waals surface area contributed by atoms with E-state index in [-0.39, 0.29) is 0 Å². The Morgan fingerprint density at radius 3 is 2.86 bits per heavy atom. The van der Waals surface area contributed by atoms with E-state index in [4.69, 9.17) is 5.73 Å². The van der Waals surface area contributed by atoms with Crippen molar-refractivity contribution in [3.63, 3.8) is 0 Å². The summed E-state index contributed by atoms with van der Waals surface area (Å²) in [5, 5.41) is 4.15. The zero-order chi connectivity index (χ0) is 10.1. The summed E-state index contributed by atoms with van der Waals surface area (Å²) >= 11 is 2.20. The Kier molecular flexibility index (Phi) is 2.40. The van der Waals surface area contributed by atoms with Crippen LogP contribution in [0.3, 0.4) is 0 Å². The Labute approximate surface area is 95.3 Å². The molecule has 0 fully saturated rings. The standard InChI is InChI=1S/C9H9IN4/c1-6-2-3-8(11)9(13-6)14-5-7(10)4-12-14/h2-5H,11H2,1H3. The van der Waals surface area contributed by atoms with E-state index in [2.05, 4.69) is 32.7 Å². The van der Waals surface area contributed by atoms with Crippen LogP contribution in [-0.4, -0.2) is 14.8 Å². The maximum Gasteiger partial charge on any atom is 0.176 e. The lowest BCUT2D eigenvalue weighted by atomic mass is 10.3. The molecule has 14 heavy (non-hydrogen) atoms. The van der Waals surface area contributed by atoms with Crippen LogP contribution in [0.15, 0.2) is 24.5 Å². The van der Waals surface area contributed by atoms with Gasteiger partial charge in [-0.15, -0.1) is 0 Å². The van der Waals surface area contributed by atoms with Gasteiger partial charge in [0.2, 0.25) is 0 Å². The second-order valence-corrected chi connectivity index (χ2v) is 4.21. The molecule has 0 unspecified atom stereocenters. The lowest BCUT2D eigenvalue weighted by molar-refractivity contribution is 0.844. The molecule has 0 atom stereocenters. The lowest BCUT2D eigenvalue weighted by Crippen LogP contribution is -2.03. The first kappa shape index (κ1) is 9.45. The molecule has 0 aliphatic carbocycles. The average Bonchev–Trinajstić information content (AvgIpc) is 2.56. The second kappa shape index (κ2) is 3.56. The highest BCUT2D eigenvalue weighted by atomic mass is 127. The predicted octanol–water partition coefficient (Wildman–Crippen LogP) is 1.76. The van der Waals surface area contributed by atoms with Crippen molar-refractivity contribution < 1.29 is 0 Å². The maximum absolute atomic E-state index is 5.80. The minimum atomic E-state index is 0.634. The fourth-order valence-electron chi connectivity index (χ4n) is 1.15. The maximum atomic E-state index is 5.80. The Hall–Kier alpha value is -1.11. The molecule has 4 nitrogen and oxygen atoms in total. The van der Waals surface area contributed by atoms with E-state index >= 15 is 0 Å². The average molecular weight is 300 g/mol. The summed E-state index contributed by atoms with van der Waals surface area (Å²) in [6, 6.07) is 3.72.